The molecule has 1 atom stereocenters. The molecule has 0 aromatic carbocycles. The van der Waals surface area contributed by atoms with Crippen LogP contribution in [-0.4, -0.2) is 46.9 Å². The van der Waals surface area contributed by atoms with E-state index in [2.05, 4.69) is 5.32 Å². The third-order valence-electron chi connectivity index (χ3n) is 2.58. The van der Waals surface area contributed by atoms with Crippen LogP contribution in [-0.2, 0) is 14.4 Å². The quantitative estimate of drug-likeness (QED) is 0.666. The summed E-state index contributed by atoms with van der Waals surface area (Å²) in [6.07, 6.45) is 2.41. The van der Waals surface area contributed by atoms with Gasteiger partial charge in [-0.15, -0.1) is 0 Å². The molecule has 94 valence electrons. The lowest BCUT2D eigenvalue weighted by Crippen LogP contribution is -2.59. The maximum atomic E-state index is 12.0. The van der Waals surface area contributed by atoms with E-state index >= 15 is 0 Å². The standard InChI is InChI=1S/C11H16N2O4/c1-3-4-7(2)10(15)13-6-9(14)12-5-8(13)11(16)17/h4,8H,3,5-6H2,1-2H3,(H,12,14)(H,16,17)/b7-4-. The summed E-state index contributed by atoms with van der Waals surface area (Å²) in [5.41, 5.74) is 0.466. The number of carbonyl (C=O) groups excluding carboxylic acids is 2. The molecule has 17 heavy (non-hydrogen) atoms. The average Bonchev–Trinajstić information content (AvgIpc) is 2.27. The fourth-order valence-corrected chi connectivity index (χ4v) is 1.70. The first-order valence-electron chi connectivity index (χ1n) is 5.44. The van der Waals surface area contributed by atoms with E-state index in [-0.39, 0.29) is 19.0 Å². The van der Waals surface area contributed by atoms with E-state index < -0.39 is 17.9 Å². The Hall–Kier alpha value is -1.85. The number of hydrogen-bond acceptors (Lipinski definition) is 3. The minimum absolute atomic E-state index is 0.0423. The van der Waals surface area contributed by atoms with Crippen molar-refractivity contribution in [3.05, 3.63) is 11.6 Å². The fraction of sp³-hybridized carbons (Fsp3) is 0.545. The largest absolute Gasteiger partial charge is 0.480 e. The van der Waals surface area contributed by atoms with Crippen molar-refractivity contribution in [2.75, 3.05) is 13.1 Å². The van der Waals surface area contributed by atoms with Crippen LogP contribution in [0.4, 0.5) is 0 Å². The number of nitrogens with one attached hydrogen (secondary N) is 1. The van der Waals surface area contributed by atoms with Crippen LogP contribution in [0.1, 0.15) is 20.3 Å². The second kappa shape index (κ2) is 5.47. The Morgan fingerprint density at radius 3 is 2.76 bits per heavy atom. The highest BCUT2D eigenvalue weighted by Gasteiger charge is 2.35. The van der Waals surface area contributed by atoms with Gasteiger partial charge < -0.3 is 15.3 Å². The van der Waals surface area contributed by atoms with Crippen molar-refractivity contribution in [2.24, 2.45) is 0 Å². The predicted octanol–water partition coefficient (Wildman–Crippen LogP) is -0.246. The Morgan fingerprint density at radius 1 is 1.59 bits per heavy atom. The van der Waals surface area contributed by atoms with E-state index in [1.54, 1.807) is 13.0 Å². The lowest BCUT2D eigenvalue weighted by atomic mass is 10.1. The molecular formula is C11H16N2O4. The molecule has 0 spiro atoms. The van der Waals surface area contributed by atoms with Gasteiger partial charge in [-0.2, -0.15) is 0 Å². The number of aliphatic carboxylic acids is 1. The molecule has 0 aromatic heterocycles. The van der Waals surface area contributed by atoms with E-state index in [0.29, 0.717) is 12.0 Å². The number of rotatable bonds is 3. The summed E-state index contributed by atoms with van der Waals surface area (Å²) in [6.45, 7) is 3.26. The molecule has 1 rings (SSSR count). The lowest BCUT2D eigenvalue weighted by Gasteiger charge is -2.32. The van der Waals surface area contributed by atoms with Crippen molar-refractivity contribution in [2.45, 2.75) is 26.3 Å². The average molecular weight is 240 g/mol. The first-order chi connectivity index (χ1) is 7.97. The predicted molar refractivity (Wildman–Crippen MR) is 60.2 cm³/mol. The number of carboxylic acids is 1. The number of amides is 2. The minimum Gasteiger partial charge on any atom is -0.480 e. The van der Waals surface area contributed by atoms with Crippen LogP contribution in [0.15, 0.2) is 11.6 Å². The highest BCUT2D eigenvalue weighted by molar-refractivity contribution is 5.99. The zero-order chi connectivity index (χ0) is 13.0. The molecule has 0 radical (unpaired) electrons. The summed E-state index contributed by atoms with van der Waals surface area (Å²) < 4.78 is 0. The molecule has 1 fully saturated rings. The van der Waals surface area contributed by atoms with Crippen molar-refractivity contribution in [1.82, 2.24) is 10.2 Å². The van der Waals surface area contributed by atoms with Gasteiger partial charge in [0.1, 0.15) is 12.6 Å². The van der Waals surface area contributed by atoms with Gasteiger partial charge in [0.25, 0.3) is 0 Å². The minimum atomic E-state index is -1.11. The normalized spacial score (nSPS) is 21.1. The Labute approximate surface area is 99.3 Å². The van der Waals surface area contributed by atoms with Gasteiger partial charge in [-0.3, -0.25) is 9.59 Å². The second-order valence-electron chi connectivity index (χ2n) is 3.89. The Kier molecular flexibility index (Phi) is 4.25. The second-order valence-corrected chi connectivity index (χ2v) is 3.89. The highest BCUT2D eigenvalue weighted by Crippen LogP contribution is 2.10. The van der Waals surface area contributed by atoms with Crippen molar-refractivity contribution >= 4 is 17.8 Å². The molecule has 2 amide bonds. The van der Waals surface area contributed by atoms with Crippen molar-refractivity contribution < 1.29 is 19.5 Å². The maximum absolute atomic E-state index is 12.0. The molecule has 0 aliphatic carbocycles. The third kappa shape index (κ3) is 3.05. The topological polar surface area (TPSA) is 86.7 Å². The van der Waals surface area contributed by atoms with Crippen molar-refractivity contribution in [3.8, 4) is 0 Å². The van der Waals surface area contributed by atoms with Gasteiger partial charge in [-0.05, 0) is 13.3 Å². The van der Waals surface area contributed by atoms with Crippen LogP contribution >= 0.6 is 0 Å². The molecule has 6 heteroatoms. The zero-order valence-electron chi connectivity index (χ0n) is 9.90. The first kappa shape index (κ1) is 13.2. The number of nitrogens with zero attached hydrogens (tertiary/aromatic N) is 1. The summed E-state index contributed by atoms with van der Waals surface area (Å²) in [7, 11) is 0. The van der Waals surface area contributed by atoms with E-state index in [9.17, 15) is 14.4 Å². The summed E-state index contributed by atoms with van der Waals surface area (Å²) in [4.78, 5) is 35.3. The van der Waals surface area contributed by atoms with E-state index in [1.807, 2.05) is 6.92 Å². The molecular weight excluding hydrogens is 224 g/mol. The molecule has 0 saturated carbocycles. The molecule has 1 unspecified atom stereocenters. The molecule has 0 bridgehead atoms. The molecule has 2 N–H and O–H groups in total. The monoisotopic (exact) mass is 240 g/mol. The van der Waals surface area contributed by atoms with Crippen molar-refractivity contribution in [1.29, 1.82) is 0 Å². The fourth-order valence-electron chi connectivity index (χ4n) is 1.70. The molecule has 1 heterocycles. The Balaban J connectivity index is 2.90. The molecule has 1 saturated heterocycles. The molecule has 0 aromatic rings. The van der Waals surface area contributed by atoms with Crippen LogP contribution in [0, 0.1) is 0 Å². The van der Waals surface area contributed by atoms with Gasteiger partial charge in [0, 0.05) is 12.1 Å². The van der Waals surface area contributed by atoms with Crippen LogP contribution < -0.4 is 5.32 Å². The SMILES string of the molecule is CC/C=C(/C)C(=O)N1CC(=O)NCC1C(=O)O. The van der Waals surface area contributed by atoms with Gasteiger partial charge in [-0.1, -0.05) is 13.0 Å². The van der Waals surface area contributed by atoms with Gasteiger partial charge in [0.15, 0.2) is 0 Å². The van der Waals surface area contributed by atoms with E-state index in [0.717, 1.165) is 4.90 Å². The smallest absolute Gasteiger partial charge is 0.328 e. The third-order valence-corrected chi connectivity index (χ3v) is 2.58. The number of carbonyl (C=O) groups is 3. The number of piperazine rings is 1. The van der Waals surface area contributed by atoms with E-state index in [4.69, 9.17) is 5.11 Å². The van der Waals surface area contributed by atoms with Gasteiger partial charge >= 0.3 is 5.97 Å². The lowest BCUT2D eigenvalue weighted by molar-refractivity contribution is -0.152. The highest BCUT2D eigenvalue weighted by atomic mass is 16.4. The zero-order valence-corrected chi connectivity index (χ0v) is 9.90. The Bertz CT molecular complexity index is 376. The summed E-state index contributed by atoms with van der Waals surface area (Å²) >= 11 is 0. The summed E-state index contributed by atoms with van der Waals surface area (Å²) in [6, 6.07) is -0.986. The van der Waals surface area contributed by atoms with Crippen LogP contribution in [0.2, 0.25) is 0 Å². The van der Waals surface area contributed by atoms with Crippen LogP contribution in [0.25, 0.3) is 0 Å². The first-order valence-corrected chi connectivity index (χ1v) is 5.44. The number of hydrogen-bond donors (Lipinski definition) is 2. The van der Waals surface area contributed by atoms with Gasteiger partial charge in [0.05, 0.1) is 0 Å². The summed E-state index contributed by atoms with van der Waals surface area (Å²) in [5.74, 6) is -1.84. The molecule has 6 nitrogen and oxygen atoms in total. The number of carboxylic acid groups (broad SMARTS) is 1. The van der Waals surface area contributed by atoms with Crippen LogP contribution in [0.5, 0.6) is 0 Å². The summed E-state index contributed by atoms with van der Waals surface area (Å²) in [5, 5.41) is 11.4. The van der Waals surface area contributed by atoms with Crippen molar-refractivity contribution in [3.63, 3.8) is 0 Å². The van der Waals surface area contributed by atoms with Gasteiger partial charge in [0.2, 0.25) is 11.8 Å². The van der Waals surface area contributed by atoms with E-state index in [1.165, 1.54) is 0 Å². The molecule has 1 aliphatic heterocycles. The Morgan fingerprint density at radius 2 is 2.24 bits per heavy atom. The number of allylic oxidation sites excluding steroid dienone is 1. The van der Waals surface area contributed by atoms with Crippen LogP contribution in [0.3, 0.4) is 0 Å². The maximum Gasteiger partial charge on any atom is 0.328 e. The van der Waals surface area contributed by atoms with Gasteiger partial charge in [-0.25, -0.2) is 4.79 Å². The molecule has 1 aliphatic rings.